The van der Waals surface area contributed by atoms with Crippen LogP contribution in [0, 0.1) is 5.41 Å². The Morgan fingerprint density at radius 3 is 2.35 bits per heavy atom. The molecule has 0 saturated carbocycles. The van der Waals surface area contributed by atoms with Crippen molar-refractivity contribution in [3.8, 4) is 5.75 Å². The van der Waals surface area contributed by atoms with Gasteiger partial charge in [0.2, 0.25) is 5.91 Å². The molecule has 140 valence electrons. The Balaban J connectivity index is 2.37. The molecule has 1 N–H and O–H groups in total. The lowest BCUT2D eigenvalue weighted by molar-refractivity contribution is -0.128. The van der Waals surface area contributed by atoms with Gasteiger partial charge in [0.05, 0.1) is 12.0 Å². The van der Waals surface area contributed by atoms with Gasteiger partial charge in [-0.05, 0) is 35.9 Å². The summed E-state index contributed by atoms with van der Waals surface area (Å²) in [6, 6.07) is 9.58. The molecule has 0 radical (unpaired) electrons. The van der Waals surface area contributed by atoms with Gasteiger partial charge in [-0.2, -0.15) is 0 Å². The second-order valence-electron chi connectivity index (χ2n) is 6.96. The van der Waals surface area contributed by atoms with E-state index in [1.165, 1.54) is 25.4 Å². The minimum absolute atomic E-state index is 0.0316. The first kappa shape index (κ1) is 19.9. The van der Waals surface area contributed by atoms with Gasteiger partial charge in [0.15, 0.2) is 9.84 Å². The molecular formula is C19H24N2O4S. The minimum atomic E-state index is -3.73. The van der Waals surface area contributed by atoms with Crippen molar-refractivity contribution in [3.05, 3.63) is 54.4 Å². The van der Waals surface area contributed by atoms with Crippen LogP contribution < -0.4 is 10.1 Å². The fraction of sp³-hybridized carbons (Fsp3) is 0.368. The predicted molar refractivity (Wildman–Crippen MR) is 99.6 cm³/mol. The molecular weight excluding hydrogens is 352 g/mol. The molecule has 26 heavy (non-hydrogen) atoms. The fourth-order valence-electron chi connectivity index (χ4n) is 2.35. The predicted octanol–water partition coefficient (Wildman–Crippen LogP) is 2.77. The molecule has 0 unspecified atom stereocenters. The summed E-state index contributed by atoms with van der Waals surface area (Å²) in [6.07, 6.45) is 3.09. The molecule has 0 aliphatic heterocycles. The van der Waals surface area contributed by atoms with E-state index < -0.39 is 20.5 Å². The highest BCUT2D eigenvalue weighted by Gasteiger charge is 2.31. The van der Waals surface area contributed by atoms with Crippen LogP contribution in [0.25, 0.3) is 0 Å². The van der Waals surface area contributed by atoms with E-state index in [-0.39, 0.29) is 17.3 Å². The van der Waals surface area contributed by atoms with Gasteiger partial charge in [0.25, 0.3) is 0 Å². The van der Waals surface area contributed by atoms with Crippen LogP contribution in [0.5, 0.6) is 5.75 Å². The molecule has 6 nitrogen and oxygen atoms in total. The second kappa shape index (κ2) is 7.86. The first-order valence-electron chi connectivity index (χ1n) is 8.22. The highest BCUT2D eigenvalue weighted by molar-refractivity contribution is 7.91. The van der Waals surface area contributed by atoms with E-state index in [1.807, 2.05) is 0 Å². The van der Waals surface area contributed by atoms with Gasteiger partial charge in [-0.3, -0.25) is 9.78 Å². The summed E-state index contributed by atoms with van der Waals surface area (Å²) >= 11 is 0. The van der Waals surface area contributed by atoms with Crippen LogP contribution in [0.1, 0.15) is 31.6 Å². The summed E-state index contributed by atoms with van der Waals surface area (Å²) in [5.74, 6) is 0.360. The molecule has 0 bridgehead atoms. The van der Waals surface area contributed by atoms with E-state index in [4.69, 9.17) is 4.74 Å². The third kappa shape index (κ3) is 4.60. The quantitative estimate of drug-likeness (QED) is 0.838. The number of benzene rings is 1. The van der Waals surface area contributed by atoms with E-state index in [1.54, 1.807) is 51.2 Å². The number of nitrogens with zero attached hydrogens (tertiary/aromatic N) is 1. The van der Waals surface area contributed by atoms with E-state index in [9.17, 15) is 13.2 Å². The maximum atomic E-state index is 13.2. The molecule has 1 heterocycles. The zero-order valence-electron chi connectivity index (χ0n) is 15.4. The normalized spacial score (nSPS) is 13.1. The zero-order chi connectivity index (χ0) is 19.4. The smallest absolute Gasteiger partial charge is 0.225 e. The van der Waals surface area contributed by atoms with Crippen LogP contribution >= 0.6 is 0 Å². The summed E-state index contributed by atoms with van der Waals surface area (Å²) in [7, 11) is -2.21. The number of nitrogens with one attached hydrogen (secondary N) is 1. The van der Waals surface area contributed by atoms with Crippen molar-refractivity contribution in [1.82, 2.24) is 10.3 Å². The van der Waals surface area contributed by atoms with Crippen molar-refractivity contribution in [2.45, 2.75) is 30.9 Å². The van der Waals surface area contributed by atoms with E-state index in [0.29, 0.717) is 11.3 Å². The summed E-state index contributed by atoms with van der Waals surface area (Å²) in [5.41, 5.74) is -0.0823. The van der Waals surface area contributed by atoms with Gasteiger partial charge in [-0.25, -0.2) is 8.42 Å². The maximum Gasteiger partial charge on any atom is 0.225 e. The molecule has 1 aromatic heterocycles. The van der Waals surface area contributed by atoms with Crippen molar-refractivity contribution in [2.75, 3.05) is 13.7 Å². The first-order valence-corrected chi connectivity index (χ1v) is 9.77. The third-order valence-electron chi connectivity index (χ3n) is 3.95. The fourth-order valence-corrected chi connectivity index (χ4v) is 4.00. The lowest BCUT2D eigenvalue weighted by Crippen LogP contribution is -2.38. The summed E-state index contributed by atoms with van der Waals surface area (Å²) in [5, 5.41) is 1.81. The van der Waals surface area contributed by atoms with E-state index >= 15 is 0 Å². The van der Waals surface area contributed by atoms with Crippen LogP contribution in [0.15, 0.2) is 53.7 Å². The van der Waals surface area contributed by atoms with E-state index in [0.717, 1.165) is 0 Å². The van der Waals surface area contributed by atoms with Crippen LogP contribution in [-0.4, -0.2) is 33.0 Å². The Hall–Kier alpha value is -2.41. The number of pyridine rings is 1. The number of sulfone groups is 1. The van der Waals surface area contributed by atoms with Gasteiger partial charge in [-0.1, -0.05) is 26.8 Å². The molecule has 1 amide bonds. The Morgan fingerprint density at radius 1 is 1.19 bits per heavy atom. The monoisotopic (exact) mass is 376 g/mol. The number of ether oxygens (including phenoxy) is 1. The van der Waals surface area contributed by atoms with Crippen molar-refractivity contribution in [2.24, 2.45) is 5.41 Å². The highest BCUT2D eigenvalue weighted by Crippen LogP contribution is 2.29. The Morgan fingerprint density at radius 2 is 1.85 bits per heavy atom. The molecule has 1 aromatic carbocycles. The highest BCUT2D eigenvalue weighted by atomic mass is 32.2. The maximum absolute atomic E-state index is 13.2. The third-order valence-corrected chi connectivity index (χ3v) is 6.07. The summed E-state index contributed by atoms with van der Waals surface area (Å²) < 4.78 is 31.4. The first-order chi connectivity index (χ1) is 12.2. The number of amides is 1. The Labute approximate surface area is 154 Å². The van der Waals surface area contributed by atoms with Crippen LogP contribution in [0.3, 0.4) is 0 Å². The lowest BCUT2D eigenvalue weighted by Gasteiger charge is -2.22. The van der Waals surface area contributed by atoms with Crippen molar-refractivity contribution in [1.29, 1.82) is 0 Å². The number of carbonyl (C=O) groups excluding carboxylic acids is 1. The van der Waals surface area contributed by atoms with Crippen LogP contribution in [-0.2, 0) is 14.6 Å². The van der Waals surface area contributed by atoms with Crippen LogP contribution in [0.2, 0.25) is 0 Å². The molecule has 0 saturated heterocycles. The lowest BCUT2D eigenvalue weighted by atomic mass is 9.95. The Bertz CT molecular complexity index is 841. The van der Waals surface area contributed by atoms with Crippen molar-refractivity contribution in [3.63, 3.8) is 0 Å². The number of methoxy groups -OCH3 is 1. The second-order valence-corrected chi connectivity index (χ2v) is 9.09. The molecule has 0 aliphatic rings. The molecule has 0 spiro atoms. The summed E-state index contributed by atoms with van der Waals surface area (Å²) in [4.78, 5) is 16.4. The topological polar surface area (TPSA) is 85.4 Å². The SMILES string of the molecule is COc1ccc(S(=O)(=O)[C@@H](CNC(=O)C(C)(C)C)c2cccnc2)cc1. The number of aromatic nitrogens is 1. The van der Waals surface area contributed by atoms with Crippen molar-refractivity contribution < 1.29 is 17.9 Å². The zero-order valence-corrected chi connectivity index (χ0v) is 16.2. The standard InChI is InChI=1S/C19H24N2O4S/c1-19(2,3)18(22)21-13-17(14-6-5-11-20-12-14)26(23,24)16-9-7-15(25-4)8-10-16/h5-12,17H,13H2,1-4H3,(H,21,22)/t17-/m0/s1. The van der Waals surface area contributed by atoms with Gasteiger partial charge in [0, 0.05) is 24.4 Å². The molecule has 7 heteroatoms. The number of hydrogen-bond donors (Lipinski definition) is 1. The molecule has 0 fully saturated rings. The number of carbonyl (C=O) groups is 1. The van der Waals surface area contributed by atoms with Gasteiger partial charge in [-0.15, -0.1) is 0 Å². The van der Waals surface area contributed by atoms with Crippen LogP contribution in [0.4, 0.5) is 0 Å². The van der Waals surface area contributed by atoms with Crippen molar-refractivity contribution >= 4 is 15.7 Å². The average molecular weight is 376 g/mol. The minimum Gasteiger partial charge on any atom is -0.497 e. The van der Waals surface area contributed by atoms with Gasteiger partial charge >= 0.3 is 0 Å². The van der Waals surface area contributed by atoms with E-state index in [2.05, 4.69) is 10.3 Å². The average Bonchev–Trinajstić information content (AvgIpc) is 2.61. The van der Waals surface area contributed by atoms with Gasteiger partial charge in [0.1, 0.15) is 11.0 Å². The Kier molecular flexibility index (Phi) is 6.02. The van der Waals surface area contributed by atoms with Gasteiger partial charge < -0.3 is 10.1 Å². The molecule has 2 aromatic rings. The molecule has 1 atom stereocenters. The largest absolute Gasteiger partial charge is 0.497 e. The molecule has 0 aliphatic carbocycles. The number of hydrogen-bond acceptors (Lipinski definition) is 5. The number of rotatable bonds is 6. The summed E-state index contributed by atoms with van der Waals surface area (Å²) in [6.45, 7) is 5.30. The molecule has 2 rings (SSSR count).